The highest BCUT2D eigenvalue weighted by Crippen LogP contribution is 2.38. The molecule has 6 nitrogen and oxygen atoms in total. The summed E-state index contributed by atoms with van der Waals surface area (Å²) in [5, 5.41) is 12.2. The second-order valence-electron chi connectivity index (χ2n) is 5.65. The summed E-state index contributed by atoms with van der Waals surface area (Å²) in [4.78, 5) is 31.2. The Hall–Kier alpha value is -1.69. The minimum atomic E-state index is -0.785. The summed E-state index contributed by atoms with van der Waals surface area (Å²) in [6.45, 7) is 1.97. The molecule has 2 rings (SSSR count). The smallest absolute Gasteiger partial charge is 0.309 e. The zero-order chi connectivity index (χ0) is 15.5. The highest BCUT2D eigenvalue weighted by molar-refractivity contribution is 6.29. The SMILES string of the molecule is C[C@]1(C(=O)O)CC[C@H](C(=O)NCc2nccnc2Cl)CC1. The van der Waals surface area contributed by atoms with E-state index in [4.69, 9.17) is 11.6 Å². The largest absolute Gasteiger partial charge is 0.481 e. The monoisotopic (exact) mass is 311 g/mol. The van der Waals surface area contributed by atoms with Crippen LogP contribution in [0.5, 0.6) is 0 Å². The summed E-state index contributed by atoms with van der Waals surface area (Å²) < 4.78 is 0. The van der Waals surface area contributed by atoms with E-state index in [0.717, 1.165) is 0 Å². The van der Waals surface area contributed by atoms with Gasteiger partial charge in [0, 0.05) is 18.3 Å². The Labute approximate surface area is 127 Å². The second kappa shape index (κ2) is 6.39. The molecule has 1 heterocycles. The number of aromatic nitrogens is 2. The molecule has 114 valence electrons. The second-order valence-corrected chi connectivity index (χ2v) is 6.01. The van der Waals surface area contributed by atoms with Crippen molar-refractivity contribution in [3.8, 4) is 0 Å². The quantitative estimate of drug-likeness (QED) is 0.887. The van der Waals surface area contributed by atoms with Crippen molar-refractivity contribution in [3.05, 3.63) is 23.2 Å². The number of carboxylic acids is 1. The highest BCUT2D eigenvalue weighted by atomic mass is 35.5. The summed E-state index contributed by atoms with van der Waals surface area (Å²) in [6, 6.07) is 0. The molecule has 0 bridgehead atoms. The third-order valence-electron chi connectivity index (χ3n) is 4.13. The van der Waals surface area contributed by atoms with Gasteiger partial charge in [0.1, 0.15) is 0 Å². The van der Waals surface area contributed by atoms with Gasteiger partial charge >= 0.3 is 5.97 Å². The van der Waals surface area contributed by atoms with Crippen LogP contribution in [-0.4, -0.2) is 27.0 Å². The van der Waals surface area contributed by atoms with Crippen LogP contribution in [0.15, 0.2) is 12.4 Å². The van der Waals surface area contributed by atoms with Gasteiger partial charge in [0.05, 0.1) is 17.7 Å². The summed E-state index contributed by atoms with van der Waals surface area (Å²) in [6.07, 6.45) is 5.22. The van der Waals surface area contributed by atoms with Gasteiger partial charge in [0.25, 0.3) is 0 Å². The third kappa shape index (κ3) is 3.69. The van der Waals surface area contributed by atoms with Crippen molar-refractivity contribution in [3.63, 3.8) is 0 Å². The van der Waals surface area contributed by atoms with E-state index in [1.807, 2.05) is 0 Å². The molecule has 1 amide bonds. The highest BCUT2D eigenvalue weighted by Gasteiger charge is 2.39. The first-order valence-corrected chi connectivity index (χ1v) is 7.27. The summed E-state index contributed by atoms with van der Waals surface area (Å²) in [5.41, 5.74) is -0.177. The summed E-state index contributed by atoms with van der Waals surface area (Å²) in [7, 11) is 0. The Morgan fingerprint density at radius 3 is 2.57 bits per heavy atom. The first kappa shape index (κ1) is 15.7. The average Bonchev–Trinajstić information content (AvgIpc) is 2.46. The molecule has 2 N–H and O–H groups in total. The van der Waals surface area contributed by atoms with Crippen LogP contribution in [0.3, 0.4) is 0 Å². The van der Waals surface area contributed by atoms with E-state index in [-0.39, 0.29) is 23.5 Å². The van der Waals surface area contributed by atoms with E-state index in [0.29, 0.717) is 31.4 Å². The first-order chi connectivity index (χ1) is 9.92. The molecule has 0 atom stereocenters. The average molecular weight is 312 g/mol. The van der Waals surface area contributed by atoms with Crippen LogP contribution in [0.1, 0.15) is 38.3 Å². The number of carboxylic acid groups (broad SMARTS) is 1. The Bertz CT molecular complexity index is 542. The fourth-order valence-corrected chi connectivity index (χ4v) is 2.69. The third-order valence-corrected chi connectivity index (χ3v) is 4.45. The van der Waals surface area contributed by atoms with Gasteiger partial charge in [-0.25, -0.2) is 4.98 Å². The molecule has 1 aliphatic rings. The van der Waals surface area contributed by atoms with Crippen molar-refractivity contribution in [1.82, 2.24) is 15.3 Å². The molecule has 1 saturated carbocycles. The van der Waals surface area contributed by atoms with Gasteiger partial charge in [0.15, 0.2) is 5.15 Å². The maximum absolute atomic E-state index is 12.1. The van der Waals surface area contributed by atoms with Crippen LogP contribution < -0.4 is 5.32 Å². The standard InChI is InChI=1S/C14H18ClN3O3/c1-14(13(20)21)4-2-9(3-5-14)12(19)18-8-10-11(15)17-7-6-16-10/h6-7,9H,2-5,8H2,1H3,(H,18,19)(H,20,21)/t9-,14-. The number of carbonyl (C=O) groups is 2. The molecule has 1 aromatic rings. The van der Waals surface area contributed by atoms with E-state index < -0.39 is 11.4 Å². The van der Waals surface area contributed by atoms with E-state index in [2.05, 4.69) is 15.3 Å². The lowest BCUT2D eigenvalue weighted by atomic mass is 9.71. The lowest BCUT2D eigenvalue weighted by Gasteiger charge is -2.33. The molecule has 0 unspecified atom stereocenters. The number of carbonyl (C=O) groups excluding carboxylic acids is 1. The van der Waals surface area contributed by atoms with Gasteiger partial charge in [-0.15, -0.1) is 0 Å². The zero-order valence-electron chi connectivity index (χ0n) is 11.8. The number of aliphatic carboxylic acids is 1. The number of amides is 1. The van der Waals surface area contributed by atoms with Gasteiger partial charge in [-0.05, 0) is 32.6 Å². The molecule has 0 aromatic carbocycles. The van der Waals surface area contributed by atoms with E-state index in [1.54, 1.807) is 6.92 Å². The molecule has 0 saturated heterocycles. The number of nitrogens with one attached hydrogen (secondary N) is 1. The number of hydrogen-bond acceptors (Lipinski definition) is 4. The van der Waals surface area contributed by atoms with Crippen LogP contribution >= 0.6 is 11.6 Å². The molecular formula is C14H18ClN3O3. The predicted molar refractivity (Wildman–Crippen MR) is 76.6 cm³/mol. The molecule has 1 fully saturated rings. The van der Waals surface area contributed by atoms with Gasteiger partial charge in [-0.2, -0.15) is 0 Å². The fourth-order valence-electron chi connectivity index (χ4n) is 2.51. The molecule has 21 heavy (non-hydrogen) atoms. The van der Waals surface area contributed by atoms with Crippen molar-refractivity contribution >= 4 is 23.5 Å². The molecule has 0 spiro atoms. The van der Waals surface area contributed by atoms with Crippen LogP contribution in [0.4, 0.5) is 0 Å². The van der Waals surface area contributed by atoms with Gasteiger partial charge in [0.2, 0.25) is 5.91 Å². The van der Waals surface area contributed by atoms with Gasteiger partial charge in [-0.3, -0.25) is 14.6 Å². The Morgan fingerprint density at radius 2 is 2.00 bits per heavy atom. The molecule has 1 aliphatic carbocycles. The zero-order valence-corrected chi connectivity index (χ0v) is 12.6. The topological polar surface area (TPSA) is 92.2 Å². The van der Waals surface area contributed by atoms with E-state index >= 15 is 0 Å². The lowest BCUT2D eigenvalue weighted by molar-refractivity contribution is -0.151. The van der Waals surface area contributed by atoms with Crippen molar-refractivity contribution in [2.75, 3.05) is 0 Å². The number of rotatable bonds is 4. The number of hydrogen-bond donors (Lipinski definition) is 2. The molecular weight excluding hydrogens is 294 g/mol. The van der Waals surface area contributed by atoms with Crippen molar-refractivity contribution in [1.29, 1.82) is 0 Å². The van der Waals surface area contributed by atoms with Crippen molar-refractivity contribution < 1.29 is 14.7 Å². The van der Waals surface area contributed by atoms with Crippen molar-refractivity contribution in [2.24, 2.45) is 11.3 Å². The molecule has 1 aromatic heterocycles. The predicted octanol–water partition coefficient (Wildman–Crippen LogP) is 2.03. The molecule has 7 heteroatoms. The van der Waals surface area contributed by atoms with Gasteiger partial charge < -0.3 is 10.4 Å². The fraction of sp³-hybridized carbons (Fsp3) is 0.571. The molecule has 0 aliphatic heterocycles. The van der Waals surface area contributed by atoms with Crippen molar-refractivity contribution in [2.45, 2.75) is 39.2 Å². The van der Waals surface area contributed by atoms with Crippen LogP contribution in [0.25, 0.3) is 0 Å². The van der Waals surface area contributed by atoms with Crippen LogP contribution in [0, 0.1) is 11.3 Å². The van der Waals surface area contributed by atoms with Crippen LogP contribution in [0.2, 0.25) is 5.15 Å². The van der Waals surface area contributed by atoms with E-state index in [9.17, 15) is 14.7 Å². The maximum Gasteiger partial charge on any atom is 0.309 e. The Kier molecular flexibility index (Phi) is 4.77. The molecule has 0 radical (unpaired) electrons. The Morgan fingerprint density at radius 1 is 1.38 bits per heavy atom. The minimum Gasteiger partial charge on any atom is -0.481 e. The van der Waals surface area contributed by atoms with Crippen LogP contribution in [-0.2, 0) is 16.1 Å². The van der Waals surface area contributed by atoms with E-state index in [1.165, 1.54) is 12.4 Å². The summed E-state index contributed by atoms with van der Waals surface area (Å²) >= 11 is 5.88. The maximum atomic E-state index is 12.1. The van der Waals surface area contributed by atoms with Gasteiger partial charge in [-0.1, -0.05) is 11.6 Å². The lowest BCUT2D eigenvalue weighted by Crippen LogP contribution is -2.38. The minimum absolute atomic E-state index is 0.0795. The number of halogens is 1. The number of nitrogens with zero attached hydrogens (tertiary/aromatic N) is 2. The first-order valence-electron chi connectivity index (χ1n) is 6.89. The summed E-state index contributed by atoms with van der Waals surface area (Å²) in [5.74, 6) is -1.01. The Balaban J connectivity index is 1.86. The normalized spacial score (nSPS) is 25.3.